The molecule has 3 rings (SSSR count). The predicted octanol–water partition coefficient (Wildman–Crippen LogP) is 5.05. The number of benzene rings is 2. The Hall–Kier alpha value is -2.13. The Labute approximate surface area is 135 Å². The van der Waals surface area contributed by atoms with Crippen molar-refractivity contribution in [3.05, 3.63) is 59.5 Å². The molecule has 0 aliphatic heterocycles. The monoisotopic (exact) mass is 309 g/mol. The van der Waals surface area contributed by atoms with Gasteiger partial charge in [-0.2, -0.15) is 0 Å². The minimum absolute atomic E-state index is 0.107. The maximum atomic E-state index is 12.7. The highest BCUT2D eigenvalue weighted by atomic mass is 32.1. The lowest BCUT2D eigenvalue weighted by atomic mass is 10.0. The topological polar surface area (TPSA) is 20.3 Å². The number of fused-ring (bicyclic) bond motifs is 1. The maximum absolute atomic E-state index is 12.7. The molecule has 3 heteroatoms. The third-order valence-corrected chi connectivity index (χ3v) is 4.90. The Balaban J connectivity index is 2.16. The summed E-state index contributed by atoms with van der Waals surface area (Å²) in [6.07, 6.45) is 0. The second-order valence-electron chi connectivity index (χ2n) is 5.21. The van der Waals surface area contributed by atoms with Crippen LogP contribution in [0.15, 0.2) is 53.9 Å². The van der Waals surface area contributed by atoms with Crippen molar-refractivity contribution < 1.29 is 4.79 Å². The molecule has 1 amide bonds. The van der Waals surface area contributed by atoms with Crippen LogP contribution in [-0.4, -0.2) is 23.9 Å². The van der Waals surface area contributed by atoms with Gasteiger partial charge < -0.3 is 4.90 Å². The van der Waals surface area contributed by atoms with E-state index < -0.39 is 0 Å². The van der Waals surface area contributed by atoms with Crippen LogP contribution in [0.25, 0.3) is 21.2 Å². The van der Waals surface area contributed by atoms with Crippen LogP contribution in [0.4, 0.5) is 0 Å². The van der Waals surface area contributed by atoms with Crippen LogP contribution in [0.2, 0.25) is 0 Å². The van der Waals surface area contributed by atoms with E-state index in [-0.39, 0.29) is 5.91 Å². The lowest BCUT2D eigenvalue weighted by molar-refractivity contribution is 0.0773. The second kappa shape index (κ2) is 6.32. The Bertz CT molecular complexity index is 788. The van der Waals surface area contributed by atoms with Gasteiger partial charge in [0.2, 0.25) is 0 Å². The summed E-state index contributed by atoms with van der Waals surface area (Å²) in [7, 11) is 0. The fraction of sp³-hybridized carbons (Fsp3) is 0.211. The van der Waals surface area contributed by atoms with E-state index in [0.29, 0.717) is 0 Å². The minimum Gasteiger partial charge on any atom is -0.339 e. The van der Waals surface area contributed by atoms with Crippen molar-refractivity contribution in [2.75, 3.05) is 13.1 Å². The summed E-state index contributed by atoms with van der Waals surface area (Å²) in [5, 5.41) is 3.23. The Morgan fingerprint density at radius 2 is 1.77 bits per heavy atom. The molecule has 0 bridgehead atoms. The number of nitrogens with zero attached hydrogens (tertiary/aromatic N) is 1. The number of hydrogen-bond acceptors (Lipinski definition) is 2. The summed E-state index contributed by atoms with van der Waals surface area (Å²) >= 11 is 1.72. The number of carbonyl (C=O) groups is 1. The molecule has 22 heavy (non-hydrogen) atoms. The van der Waals surface area contributed by atoms with E-state index in [9.17, 15) is 4.79 Å². The number of thiophene rings is 1. The van der Waals surface area contributed by atoms with E-state index in [0.717, 1.165) is 35.2 Å². The van der Waals surface area contributed by atoms with Crippen LogP contribution in [0.3, 0.4) is 0 Å². The molecule has 1 heterocycles. The van der Waals surface area contributed by atoms with Crippen molar-refractivity contribution in [3.8, 4) is 11.1 Å². The Morgan fingerprint density at radius 3 is 2.45 bits per heavy atom. The average molecular weight is 309 g/mol. The molecular weight excluding hydrogens is 290 g/mol. The van der Waals surface area contributed by atoms with Gasteiger partial charge in [-0.15, -0.1) is 11.3 Å². The van der Waals surface area contributed by atoms with Gasteiger partial charge in [-0.3, -0.25) is 4.79 Å². The maximum Gasteiger partial charge on any atom is 0.253 e. The molecule has 0 N–H and O–H groups in total. The van der Waals surface area contributed by atoms with Gasteiger partial charge in [0.15, 0.2) is 0 Å². The fourth-order valence-corrected chi connectivity index (χ4v) is 3.65. The quantitative estimate of drug-likeness (QED) is 0.660. The van der Waals surface area contributed by atoms with Gasteiger partial charge >= 0.3 is 0 Å². The third kappa shape index (κ3) is 2.64. The first kappa shape index (κ1) is 14.8. The lowest BCUT2D eigenvalue weighted by Crippen LogP contribution is -2.30. The molecule has 0 radical (unpaired) electrons. The van der Waals surface area contributed by atoms with Gasteiger partial charge in [0.25, 0.3) is 5.91 Å². The van der Waals surface area contributed by atoms with Crippen molar-refractivity contribution in [1.29, 1.82) is 0 Å². The van der Waals surface area contributed by atoms with Crippen molar-refractivity contribution in [3.63, 3.8) is 0 Å². The first-order valence-corrected chi connectivity index (χ1v) is 8.48. The molecule has 3 aromatic rings. The van der Waals surface area contributed by atoms with Gasteiger partial charge in [-0.25, -0.2) is 0 Å². The normalized spacial score (nSPS) is 10.8. The van der Waals surface area contributed by atoms with E-state index >= 15 is 0 Å². The van der Waals surface area contributed by atoms with Crippen LogP contribution >= 0.6 is 11.3 Å². The van der Waals surface area contributed by atoms with E-state index in [4.69, 9.17) is 0 Å². The molecule has 0 fully saturated rings. The molecule has 2 aromatic carbocycles. The molecule has 0 saturated heterocycles. The molecule has 0 atom stereocenters. The molecule has 0 unspecified atom stereocenters. The van der Waals surface area contributed by atoms with E-state index in [1.54, 1.807) is 11.3 Å². The largest absolute Gasteiger partial charge is 0.339 e. The SMILES string of the molecule is CCN(CC)C(=O)c1cc(-c2ccccc2)c2sccc2c1. The minimum atomic E-state index is 0.107. The zero-order valence-electron chi connectivity index (χ0n) is 12.9. The van der Waals surface area contributed by atoms with Gasteiger partial charge in [0, 0.05) is 28.9 Å². The number of carbonyl (C=O) groups excluding carboxylic acids is 1. The zero-order chi connectivity index (χ0) is 15.5. The van der Waals surface area contributed by atoms with Gasteiger partial charge in [-0.1, -0.05) is 30.3 Å². The molecule has 112 valence electrons. The van der Waals surface area contributed by atoms with Crippen LogP contribution in [0.1, 0.15) is 24.2 Å². The number of hydrogen-bond donors (Lipinski definition) is 0. The summed E-state index contributed by atoms with van der Waals surface area (Å²) in [4.78, 5) is 14.5. The van der Waals surface area contributed by atoms with Gasteiger partial charge in [0.05, 0.1) is 0 Å². The first-order valence-electron chi connectivity index (χ1n) is 7.60. The number of amides is 1. The molecular formula is C19H19NOS. The predicted molar refractivity (Wildman–Crippen MR) is 94.5 cm³/mol. The van der Waals surface area contributed by atoms with E-state index in [2.05, 4.69) is 23.6 Å². The standard InChI is InChI=1S/C19H19NOS/c1-3-20(4-2)19(21)16-12-15-10-11-22-18(15)17(13-16)14-8-6-5-7-9-14/h5-13H,3-4H2,1-2H3. The third-order valence-electron chi connectivity index (χ3n) is 3.93. The molecule has 0 spiro atoms. The van der Waals surface area contributed by atoms with E-state index in [1.165, 1.54) is 4.70 Å². The van der Waals surface area contributed by atoms with Crippen molar-refractivity contribution in [2.24, 2.45) is 0 Å². The van der Waals surface area contributed by atoms with Crippen LogP contribution in [0.5, 0.6) is 0 Å². The second-order valence-corrected chi connectivity index (χ2v) is 6.12. The van der Waals surface area contributed by atoms with Gasteiger partial charge in [-0.05, 0) is 48.4 Å². The molecule has 0 aliphatic rings. The zero-order valence-corrected chi connectivity index (χ0v) is 13.7. The smallest absolute Gasteiger partial charge is 0.253 e. The molecule has 0 aliphatic carbocycles. The highest BCUT2D eigenvalue weighted by molar-refractivity contribution is 7.17. The fourth-order valence-electron chi connectivity index (χ4n) is 2.73. The number of rotatable bonds is 4. The molecule has 1 aromatic heterocycles. The summed E-state index contributed by atoms with van der Waals surface area (Å²) in [6.45, 7) is 5.50. The molecule has 2 nitrogen and oxygen atoms in total. The van der Waals surface area contributed by atoms with Gasteiger partial charge in [0.1, 0.15) is 0 Å². The summed E-state index contributed by atoms with van der Waals surface area (Å²) < 4.78 is 1.24. The lowest BCUT2D eigenvalue weighted by Gasteiger charge is -2.19. The van der Waals surface area contributed by atoms with Crippen LogP contribution < -0.4 is 0 Å². The van der Waals surface area contributed by atoms with Crippen molar-refractivity contribution >= 4 is 27.3 Å². The highest BCUT2D eigenvalue weighted by Crippen LogP contribution is 2.34. The first-order chi connectivity index (χ1) is 10.7. The van der Waals surface area contributed by atoms with Crippen LogP contribution in [-0.2, 0) is 0 Å². The van der Waals surface area contributed by atoms with Crippen molar-refractivity contribution in [2.45, 2.75) is 13.8 Å². The Morgan fingerprint density at radius 1 is 1.05 bits per heavy atom. The Kier molecular flexibility index (Phi) is 4.25. The van der Waals surface area contributed by atoms with Crippen molar-refractivity contribution in [1.82, 2.24) is 4.90 Å². The van der Waals surface area contributed by atoms with E-state index in [1.807, 2.05) is 49.1 Å². The average Bonchev–Trinajstić information content (AvgIpc) is 3.04. The molecule has 0 saturated carbocycles. The highest BCUT2D eigenvalue weighted by Gasteiger charge is 2.16. The summed E-state index contributed by atoms with van der Waals surface area (Å²) in [5.74, 6) is 0.107. The summed E-state index contributed by atoms with van der Waals surface area (Å²) in [6, 6.07) is 16.4. The summed E-state index contributed by atoms with van der Waals surface area (Å²) in [5.41, 5.74) is 3.07. The van der Waals surface area contributed by atoms with Crippen LogP contribution in [0, 0.1) is 0 Å².